The van der Waals surface area contributed by atoms with Crippen LogP contribution in [0.3, 0.4) is 0 Å². The maximum absolute atomic E-state index is 4.10. The first-order valence-electron chi connectivity index (χ1n) is 9.34. The summed E-state index contributed by atoms with van der Waals surface area (Å²) in [4.78, 5) is 0. The molecule has 0 saturated carbocycles. The van der Waals surface area contributed by atoms with E-state index >= 15 is 0 Å². The molecule has 1 nitrogen and oxygen atoms in total. The zero-order chi connectivity index (χ0) is 16.0. The van der Waals surface area contributed by atoms with Crippen molar-refractivity contribution in [2.24, 2.45) is 0 Å². The Morgan fingerprint density at radius 2 is 1.41 bits per heavy atom. The first-order valence-corrected chi connectivity index (χ1v) is 9.34. The summed E-state index contributed by atoms with van der Waals surface area (Å²) in [6.45, 7) is 8.53. The standard InChI is InChI=1S/C21H36N/c1-4-5-6-7-8-9-10-11-13-16-21(19-20(2)3)22-17-14-12-15-18-22/h12,14-15,17-18,21H,2,4-11,13,16,19H2,1,3H3/q+1. The van der Waals surface area contributed by atoms with E-state index in [1.54, 1.807) is 0 Å². The fourth-order valence-corrected chi connectivity index (χ4v) is 3.10. The summed E-state index contributed by atoms with van der Waals surface area (Å²) in [5.41, 5.74) is 1.29. The molecule has 1 atom stereocenters. The van der Waals surface area contributed by atoms with Gasteiger partial charge >= 0.3 is 0 Å². The van der Waals surface area contributed by atoms with Gasteiger partial charge in [0.2, 0.25) is 0 Å². The molecule has 1 rings (SSSR count). The fraction of sp³-hybridized carbons (Fsp3) is 0.667. The van der Waals surface area contributed by atoms with Gasteiger partial charge in [-0.15, -0.1) is 0 Å². The van der Waals surface area contributed by atoms with E-state index in [1.807, 2.05) is 0 Å². The molecule has 0 N–H and O–H groups in total. The summed E-state index contributed by atoms with van der Waals surface area (Å²) in [6, 6.07) is 6.93. The van der Waals surface area contributed by atoms with Crippen LogP contribution in [-0.2, 0) is 0 Å². The van der Waals surface area contributed by atoms with Crippen molar-refractivity contribution in [1.29, 1.82) is 0 Å². The predicted octanol–water partition coefficient (Wildman–Crippen LogP) is 6.40. The second kappa shape index (κ2) is 12.4. The van der Waals surface area contributed by atoms with Gasteiger partial charge in [-0.05, 0) is 13.3 Å². The van der Waals surface area contributed by atoms with Crippen LogP contribution in [0.5, 0.6) is 0 Å². The van der Waals surface area contributed by atoms with Crippen LogP contribution in [-0.4, -0.2) is 0 Å². The van der Waals surface area contributed by atoms with Crippen molar-refractivity contribution in [3.63, 3.8) is 0 Å². The summed E-state index contributed by atoms with van der Waals surface area (Å²) in [6.07, 6.45) is 19.4. The highest BCUT2D eigenvalue weighted by molar-refractivity contribution is 4.90. The topological polar surface area (TPSA) is 3.88 Å². The number of aromatic nitrogens is 1. The van der Waals surface area contributed by atoms with E-state index < -0.39 is 0 Å². The smallest absolute Gasteiger partial charge is 0.169 e. The van der Waals surface area contributed by atoms with Gasteiger partial charge in [-0.2, -0.15) is 0 Å². The van der Waals surface area contributed by atoms with Crippen LogP contribution in [0.25, 0.3) is 0 Å². The molecule has 0 spiro atoms. The Morgan fingerprint density at radius 3 is 1.95 bits per heavy atom. The minimum absolute atomic E-state index is 0.586. The van der Waals surface area contributed by atoms with E-state index in [2.05, 4.69) is 55.6 Å². The Morgan fingerprint density at radius 1 is 0.864 bits per heavy atom. The van der Waals surface area contributed by atoms with Gasteiger partial charge in [-0.25, -0.2) is 4.57 Å². The van der Waals surface area contributed by atoms with Gasteiger partial charge in [0.15, 0.2) is 18.4 Å². The van der Waals surface area contributed by atoms with Gasteiger partial charge in [0, 0.05) is 25.0 Å². The van der Waals surface area contributed by atoms with E-state index in [0.717, 1.165) is 6.42 Å². The van der Waals surface area contributed by atoms with Gasteiger partial charge in [-0.1, -0.05) is 76.5 Å². The molecule has 0 radical (unpaired) electrons. The van der Waals surface area contributed by atoms with E-state index in [-0.39, 0.29) is 0 Å². The van der Waals surface area contributed by atoms with Crippen molar-refractivity contribution >= 4 is 0 Å². The van der Waals surface area contributed by atoms with Crippen LogP contribution in [0.1, 0.15) is 90.5 Å². The van der Waals surface area contributed by atoms with Crippen molar-refractivity contribution in [2.75, 3.05) is 0 Å². The lowest BCUT2D eigenvalue weighted by molar-refractivity contribution is -0.723. The highest BCUT2D eigenvalue weighted by Gasteiger charge is 2.17. The highest BCUT2D eigenvalue weighted by atomic mass is 15.0. The van der Waals surface area contributed by atoms with Crippen molar-refractivity contribution in [3.05, 3.63) is 42.7 Å². The average molecular weight is 303 g/mol. The predicted molar refractivity (Wildman–Crippen MR) is 96.9 cm³/mol. The third kappa shape index (κ3) is 9.02. The molecule has 22 heavy (non-hydrogen) atoms. The van der Waals surface area contributed by atoms with Gasteiger partial charge in [0.25, 0.3) is 0 Å². The van der Waals surface area contributed by atoms with Crippen molar-refractivity contribution in [2.45, 2.75) is 90.5 Å². The molecule has 124 valence electrons. The Bertz CT molecular complexity index is 382. The Hall–Kier alpha value is -1.11. The van der Waals surface area contributed by atoms with Gasteiger partial charge in [0.05, 0.1) is 0 Å². The monoisotopic (exact) mass is 302 g/mol. The fourth-order valence-electron chi connectivity index (χ4n) is 3.10. The SMILES string of the molecule is C=C(C)CC(CCCCCCCCCCC)[n+]1ccccc1. The number of hydrogen-bond acceptors (Lipinski definition) is 0. The third-order valence-corrected chi connectivity index (χ3v) is 4.39. The Balaban J connectivity index is 2.17. The molecule has 1 aromatic rings. The first-order chi connectivity index (χ1) is 10.7. The summed E-state index contributed by atoms with van der Waals surface area (Å²) in [5, 5.41) is 0. The number of hydrogen-bond donors (Lipinski definition) is 0. The van der Waals surface area contributed by atoms with E-state index in [0.29, 0.717) is 6.04 Å². The van der Waals surface area contributed by atoms with Crippen LogP contribution >= 0.6 is 0 Å². The minimum Gasteiger partial charge on any atom is -0.202 e. The lowest BCUT2D eigenvalue weighted by Gasteiger charge is -2.12. The second-order valence-corrected chi connectivity index (χ2v) is 6.75. The van der Waals surface area contributed by atoms with Crippen molar-refractivity contribution in [1.82, 2.24) is 0 Å². The lowest BCUT2D eigenvalue weighted by atomic mass is 10.00. The molecule has 0 fully saturated rings. The second-order valence-electron chi connectivity index (χ2n) is 6.75. The van der Waals surface area contributed by atoms with Gasteiger partial charge < -0.3 is 0 Å². The number of rotatable bonds is 13. The van der Waals surface area contributed by atoms with Crippen LogP contribution in [0.2, 0.25) is 0 Å². The highest BCUT2D eigenvalue weighted by Crippen LogP contribution is 2.18. The molecule has 0 aromatic carbocycles. The van der Waals surface area contributed by atoms with Crippen LogP contribution in [0.4, 0.5) is 0 Å². The molecular formula is C21H36N+. The van der Waals surface area contributed by atoms with Crippen LogP contribution in [0.15, 0.2) is 42.7 Å². The summed E-state index contributed by atoms with van der Waals surface area (Å²) in [7, 11) is 0. The van der Waals surface area contributed by atoms with Crippen molar-refractivity contribution in [3.8, 4) is 0 Å². The van der Waals surface area contributed by atoms with Crippen LogP contribution < -0.4 is 4.57 Å². The van der Waals surface area contributed by atoms with E-state index in [1.165, 1.54) is 69.8 Å². The molecule has 1 aromatic heterocycles. The number of nitrogens with zero attached hydrogens (tertiary/aromatic N) is 1. The zero-order valence-corrected chi connectivity index (χ0v) is 14.9. The normalized spacial score (nSPS) is 12.3. The number of unbranched alkanes of at least 4 members (excludes halogenated alkanes) is 8. The quantitative estimate of drug-likeness (QED) is 0.225. The lowest BCUT2D eigenvalue weighted by Crippen LogP contribution is -2.38. The Labute approximate surface area is 138 Å². The summed E-state index contributed by atoms with van der Waals surface area (Å²) < 4.78 is 2.36. The molecule has 0 aliphatic heterocycles. The maximum Gasteiger partial charge on any atom is 0.169 e. The van der Waals surface area contributed by atoms with Gasteiger partial charge in [0.1, 0.15) is 0 Å². The molecule has 1 heteroatoms. The Kier molecular flexibility index (Phi) is 10.7. The minimum atomic E-state index is 0.586. The summed E-state index contributed by atoms with van der Waals surface area (Å²) in [5.74, 6) is 0. The summed E-state index contributed by atoms with van der Waals surface area (Å²) >= 11 is 0. The molecule has 1 unspecified atom stereocenters. The van der Waals surface area contributed by atoms with Crippen molar-refractivity contribution < 1.29 is 4.57 Å². The number of pyridine rings is 1. The number of allylic oxidation sites excluding steroid dienone is 1. The van der Waals surface area contributed by atoms with E-state index in [4.69, 9.17) is 0 Å². The zero-order valence-electron chi connectivity index (χ0n) is 14.9. The average Bonchev–Trinajstić information content (AvgIpc) is 2.52. The molecule has 0 saturated heterocycles. The van der Waals surface area contributed by atoms with E-state index in [9.17, 15) is 0 Å². The first kappa shape index (κ1) is 18.9. The van der Waals surface area contributed by atoms with Gasteiger partial charge in [-0.3, -0.25) is 0 Å². The maximum atomic E-state index is 4.10. The molecule has 0 aliphatic rings. The molecular weight excluding hydrogens is 266 g/mol. The van der Waals surface area contributed by atoms with Crippen LogP contribution in [0, 0.1) is 0 Å². The molecule has 0 bridgehead atoms. The molecule has 0 aliphatic carbocycles. The molecule has 1 heterocycles. The largest absolute Gasteiger partial charge is 0.202 e. The molecule has 0 amide bonds. The third-order valence-electron chi connectivity index (χ3n) is 4.39.